The number of thioether (sulfide) groups is 2. The van der Waals surface area contributed by atoms with E-state index in [0.717, 1.165) is 11.6 Å². The number of rotatable bonds is 1. The minimum atomic E-state index is 0.318. The molecule has 1 saturated heterocycles. The van der Waals surface area contributed by atoms with Crippen LogP contribution in [-0.4, -0.2) is 31.7 Å². The second kappa shape index (κ2) is 4.35. The van der Waals surface area contributed by atoms with Crippen LogP contribution in [0, 0.1) is 0 Å². The average molecular weight is 228 g/mol. The van der Waals surface area contributed by atoms with Crippen LogP contribution in [0.15, 0.2) is 6.33 Å². The molecule has 0 aliphatic carbocycles. The summed E-state index contributed by atoms with van der Waals surface area (Å²) in [6.07, 6.45) is 1.49. The lowest BCUT2D eigenvalue weighted by Gasteiger charge is -2.26. The number of nitrogens with zero attached hydrogens (tertiary/aromatic N) is 3. The molecular weight excluding hydrogens is 216 g/mol. The molecule has 6 heteroatoms. The first-order chi connectivity index (χ1) is 6.77. The molecule has 0 amide bonds. The molecule has 0 aromatic carbocycles. The first-order valence-corrected chi connectivity index (χ1v) is 6.55. The quantitative estimate of drug-likeness (QED) is 0.783. The summed E-state index contributed by atoms with van der Waals surface area (Å²) >= 11 is 3.87. The molecule has 4 nitrogen and oxygen atoms in total. The SMILES string of the molecule is CC1SCCSC1c1ncnc(N)n1. The molecule has 2 N–H and O–H groups in total. The molecule has 1 aromatic heterocycles. The standard InChI is InChI=1S/C8H12N4S2/c1-5-6(14-3-2-13-5)7-10-4-11-8(9)12-7/h4-6H,2-3H2,1H3,(H2,9,10,11,12). The molecular formula is C8H12N4S2. The monoisotopic (exact) mass is 228 g/mol. The van der Waals surface area contributed by atoms with E-state index >= 15 is 0 Å². The van der Waals surface area contributed by atoms with E-state index in [-0.39, 0.29) is 0 Å². The highest BCUT2D eigenvalue weighted by molar-refractivity contribution is 8.06. The van der Waals surface area contributed by atoms with Crippen LogP contribution in [0.5, 0.6) is 0 Å². The van der Waals surface area contributed by atoms with Gasteiger partial charge in [-0.1, -0.05) is 6.92 Å². The van der Waals surface area contributed by atoms with Crippen molar-refractivity contribution in [1.29, 1.82) is 0 Å². The summed E-state index contributed by atoms with van der Waals surface area (Å²) in [6, 6.07) is 0. The maximum atomic E-state index is 5.53. The smallest absolute Gasteiger partial charge is 0.223 e. The van der Waals surface area contributed by atoms with E-state index in [1.165, 1.54) is 12.1 Å². The Hall–Kier alpha value is -0.490. The van der Waals surface area contributed by atoms with Gasteiger partial charge in [0.2, 0.25) is 5.95 Å². The van der Waals surface area contributed by atoms with Crippen molar-refractivity contribution in [2.24, 2.45) is 0 Å². The number of hydrogen-bond acceptors (Lipinski definition) is 6. The van der Waals surface area contributed by atoms with Crippen LogP contribution >= 0.6 is 23.5 Å². The Morgan fingerprint density at radius 1 is 1.36 bits per heavy atom. The van der Waals surface area contributed by atoms with Crippen molar-refractivity contribution in [2.75, 3.05) is 17.2 Å². The maximum Gasteiger partial charge on any atom is 0.223 e. The Kier molecular flexibility index (Phi) is 3.12. The van der Waals surface area contributed by atoms with Crippen LogP contribution in [0.1, 0.15) is 18.0 Å². The lowest BCUT2D eigenvalue weighted by atomic mass is 10.3. The zero-order valence-corrected chi connectivity index (χ0v) is 9.51. The Morgan fingerprint density at radius 3 is 2.86 bits per heavy atom. The molecule has 2 atom stereocenters. The van der Waals surface area contributed by atoms with Crippen LogP contribution in [0.2, 0.25) is 0 Å². The fourth-order valence-corrected chi connectivity index (χ4v) is 4.07. The lowest BCUT2D eigenvalue weighted by molar-refractivity contribution is 0.811. The minimum absolute atomic E-state index is 0.318. The van der Waals surface area contributed by atoms with Gasteiger partial charge in [0.05, 0.1) is 5.25 Å². The summed E-state index contributed by atoms with van der Waals surface area (Å²) in [5.41, 5.74) is 5.53. The van der Waals surface area contributed by atoms with Crippen LogP contribution in [0.3, 0.4) is 0 Å². The summed E-state index contributed by atoms with van der Waals surface area (Å²) in [4.78, 5) is 12.1. The number of aromatic nitrogens is 3. The zero-order valence-electron chi connectivity index (χ0n) is 7.88. The van der Waals surface area contributed by atoms with E-state index in [2.05, 4.69) is 21.9 Å². The van der Waals surface area contributed by atoms with Gasteiger partial charge in [0.25, 0.3) is 0 Å². The zero-order chi connectivity index (χ0) is 9.97. The second-order valence-corrected chi connectivity index (χ2v) is 5.80. The Balaban J connectivity index is 2.20. The van der Waals surface area contributed by atoms with Gasteiger partial charge in [0.15, 0.2) is 0 Å². The first kappa shape index (κ1) is 10.0. The third-order valence-electron chi connectivity index (χ3n) is 2.05. The van der Waals surface area contributed by atoms with Crippen molar-refractivity contribution in [1.82, 2.24) is 15.0 Å². The highest BCUT2D eigenvalue weighted by Crippen LogP contribution is 2.40. The molecule has 2 rings (SSSR count). The molecule has 0 radical (unpaired) electrons. The fourth-order valence-electron chi connectivity index (χ4n) is 1.38. The summed E-state index contributed by atoms with van der Waals surface area (Å²) < 4.78 is 0. The fraction of sp³-hybridized carbons (Fsp3) is 0.625. The number of nitrogen functional groups attached to an aromatic ring is 1. The summed E-state index contributed by atoms with van der Waals surface area (Å²) in [5.74, 6) is 3.51. The molecule has 0 spiro atoms. The van der Waals surface area contributed by atoms with Gasteiger partial charge >= 0.3 is 0 Å². The van der Waals surface area contributed by atoms with Gasteiger partial charge in [-0.2, -0.15) is 16.7 Å². The van der Waals surface area contributed by atoms with Gasteiger partial charge in [0, 0.05) is 16.8 Å². The molecule has 1 fully saturated rings. The number of hydrogen-bond donors (Lipinski definition) is 1. The third kappa shape index (κ3) is 2.12. The van der Waals surface area contributed by atoms with E-state index < -0.39 is 0 Å². The van der Waals surface area contributed by atoms with Crippen LogP contribution in [-0.2, 0) is 0 Å². The van der Waals surface area contributed by atoms with Crippen molar-refractivity contribution < 1.29 is 0 Å². The molecule has 0 saturated carbocycles. The Morgan fingerprint density at radius 2 is 2.14 bits per heavy atom. The molecule has 1 aliphatic rings. The van der Waals surface area contributed by atoms with Crippen molar-refractivity contribution in [2.45, 2.75) is 17.4 Å². The van der Waals surface area contributed by atoms with Gasteiger partial charge in [-0.3, -0.25) is 0 Å². The minimum Gasteiger partial charge on any atom is -0.368 e. The van der Waals surface area contributed by atoms with E-state index in [1.54, 1.807) is 0 Å². The first-order valence-electron chi connectivity index (χ1n) is 4.45. The molecule has 76 valence electrons. The third-order valence-corrected chi connectivity index (χ3v) is 5.14. The number of nitrogens with two attached hydrogens (primary N) is 1. The van der Waals surface area contributed by atoms with Gasteiger partial charge in [0.1, 0.15) is 12.2 Å². The average Bonchev–Trinajstić information content (AvgIpc) is 2.18. The van der Waals surface area contributed by atoms with Crippen molar-refractivity contribution in [3.63, 3.8) is 0 Å². The molecule has 1 aromatic rings. The topological polar surface area (TPSA) is 64.7 Å². The lowest BCUT2D eigenvalue weighted by Crippen LogP contribution is -2.18. The molecule has 2 heterocycles. The van der Waals surface area contributed by atoms with E-state index in [4.69, 9.17) is 5.73 Å². The Labute approximate surface area is 91.5 Å². The predicted molar refractivity (Wildman–Crippen MR) is 61.4 cm³/mol. The Bertz CT molecular complexity index is 320. The predicted octanol–water partition coefficient (Wildman–Crippen LogP) is 1.36. The largest absolute Gasteiger partial charge is 0.368 e. The van der Waals surface area contributed by atoms with Crippen molar-refractivity contribution >= 4 is 29.5 Å². The summed E-state index contributed by atoms with van der Waals surface area (Å²) in [5, 5.41) is 0.912. The molecule has 0 bridgehead atoms. The van der Waals surface area contributed by atoms with E-state index in [9.17, 15) is 0 Å². The second-order valence-electron chi connectivity index (χ2n) is 3.07. The maximum absolute atomic E-state index is 5.53. The van der Waals surface area contributed by atoms with Crippen LogP contribution < -0.4 is 5.73 Å². The van der Waals surface area contributed by atoms with Gasteiger partial charge in [-0.15, -0.1) is 11.8 Å². The van der Waals surface area contributed by atoms with Gasteiger partial charge in [-0.05, 0) is 0 Å². The highest BCUT2D eigenvalue weighted by atomic mass is 32.2. The molecule has 1 aliphatic heterocycles. The normalized spacial score (nSPS) is 27.5. The van der Waals surface area contributed by atoms with Gasteiger partial charge < -0.3 is 5.73 Å². The summed E-state index contributed by atoms with van der Waals surface area (Å²) in [7, 11) is 0. The summed E-state index contributed by atoms with van der Waals surface area (Å²) in [6.45, 7) is 2.21. The van der Waals surface area contributed by atoms with E-state index in [1.807, 2.05) is 23.5 Å². The van der Waals surface area contributed by atoms with Crippen molar-refractivity contribution in [3.8, 4) is 0 Å². The van der Waals surface area contributed by atoms with Crippen molar-refractivity contribution in [3.05, 3.63) is 12.2 Å². The molecule has 14 heavy (non-hydrogen) atoms. The number of anilines is 1. The van der Waals surface area contributed by atoms with E-state index in [0.29, 0.717) is 16.4 Å². The van der Waals surface area contributed by atoms with Gasteiger partial charge in [-0.25, -0.2) is 9.97 Å². The van der Waals surface area contributed by atoms with Crippen LogP contribution in [0.25, 0.3) is 0 Å². The van der Waals surface area contributed by atoms with Crippen LogP contribution in [0.4, 0.5) is 5.95 Å². The highest BCUT2D eigenvalue weighted by Gasteiger charge is 2.26. The molecule has 2 unspecified atom stereocenters.